The summed E-state index contributed by atoms with van der Waals surface area (Å²) in [4.78, 5) is 24.5. The van der Waals surface area contributed by atoms with Crippen molar-refractivity contribution in [3.8, 4) is 0 Å². The van der Waals surface area contributed by atoms with Gasteiger partial charge in [-0.25, -0.2) is 4.79 Å². The fraction of sp³-hybridized carbons (Fsp3) is 0.833. The maximum absolute atomic E-state index is 11.9. The molecule has 6 heteroatoms. The molecule has 104 valence electrons. The molecule has 2 amide bonds. The summed E-state index contributed by atoms with van der Waals surface area (Å²) in [5, 5.41) is 11.9. The Bertz CT molecular complexity index is 312. The van der Waals surface area contributed by atoms with Crippen molar-refractivity contribution in [3.63, 3.8) is 0 Å². The molecule has 0 spiro atoms. The van der Waals surface area contributed by atoms with Crippen molar-refractivity contribution in [2.24, 2.45) is 11.8 Å². The molecule has 3 unspecified atom stereocenters. The zero-order valence-corrected chi connectivity index (χ0v) is 12.0. The Morgan fingerprint density at radius 3 is 2.67 bits per heavy atom. The largest absolute Gasteiger partial charge is 0.481 e. The Kier molecular flexibility index (Phi) is 5.78. The third-order valence-corrected chi connectivity index (χ3v) is 3.99. The number of carboxylic acids is 1. The molecule has 0 aromatic carbocycles. The second kappa shape index (κ2) is 6.87. The second-order valence-corrected chi connectivity index (χ2v) is 5.94. The smallest absolute Gasteiger partial charge is 0.317 e. The highest BCUT2D eigenvalue weighted by Crippen LogP contribution is 2.23. The summed E-state index contributed by atoms with van der Waals surface area (Å²) >= 11 is 1.75. The lowest BCUT2D eigenvalue weighted by Gasteiger charge is -2.20. The monoisotopic (exact) mass is 274 g/mol. The fourth-order valence-electron chi connectivity index (χ4n) is 2.12. The van der Waals surface area contributed by atoms with E-state index < -0.39 is 11.9 Å². The maximum Gasteiger partial charge on any atom is 0.317 e. The van der Waals surface area contributed by atoms with E-state index in [9.17, 15) is 9.59 Å². The lowest BCUT2D eigenvalue weighted by molar-refractivity contribution is -0.142. The van der Waals surface area contributed by atoms with Crippen molar-refractivity contribution in [3.05, 3.63) is 0 Å². The van der Waals surface area contributed by atoms with E-state index in [2.05, 4.69) is 5.32 Å². The molecule has 1 rings (SSSR count). The van der Waals surface area contributed by atoms with Crippen molar-refractivity contribution in [2.75, 3.05) is 25.1 Å². The van der Waals surface area contributed by atoms with Crippen LogP contribution in [0.1, 0.15) is 20.3 Å². The summed E-state index contributed by atoms with van der Waals surface area (Å²) in [7, 11) is 0. The van der Waals surface area contributed by atoms with Crippen molar-refractivity contribution < 1.29 is 14.7 Å². The topological polar surface area (TPSA) is 69.6 Å². The molecular weight excluding hydrogens is 252 g/mol. The van der Waals surface area contributed by atoms with Gasteiger partial charge in [-0.3, -0.25) is 4.79 Å². The quantitative estimate of drug-likeness (QED) is 0.797. The third kappa shape index (κ3) is 4.08. The Morgan fingerprint density at radius 2 is 2.17 bits per heavy atom. The third-order valence-electron chi connectivity index (χ3n) is 3.34. The first kappa shape index (κ1) is 15.1. The lowest BCUT2D eigenvalue weighted by atomic mass is 9.99. The molecule has 1 heterocycles. The average molecular weight is 274 g/mol. The molecule has 0 aromatic rings. The summed E-state index contributed by atoms with van der Waals surface area (Å²) in [6, 6.07) is -0.0108. The van der Waals surface area contributed by atoms with Gasteiger partial charge in [0.25, 0.3) is 0 Å². The highest BCUT2D eigenvalue weighted by atomic mass is 32.2. The number of rotatable bonds is 5. The SMILES string of the molecule is CSCCC(C)NC(=O)N1CC(C)C(C(=O)O)C1. The average Bonchev–Trinajstić information content (AvgIpc) is 2.68. The number of amides is 2. The standard InChI is InChI=1S/C12H22N2O3S/c1-8-6-14(7-10(8)11(15)16)12(17)13-9(2)4-5-18-3/h8-10H,4-7H2,1-3H3,(H,13,17)(H,15,16). The minimum absolute atomic E-state index is 0.0229. The number of nitrogens with zero attached hydrogens (tertiary/aromatic N) is 1. The van der Waals surface area contributed by atoms with Crippen LogP contribution in [0, 0.1) is 11.8 Å². The zero-order chi connectivity index (χ0) is 13.7. The number of hydrogen-bond acceptors (Lipinski definition) is 3. The lowest BCUT2D eigenvalue weighted by Crippen LogP contribution is -2.43. The molecule has 1 fully saturated rings. The van der Waals surface area contributed by atoms with Gasteiger partial charge in [0.05, 0.1) is 5.92 Å². The van der Waals surface area contributed by atoms with Gasteiger partial charge in [0.1, 0.15) is 0 Å². The van der Waals surface area contributed by atoms with Crippen LogP contribution < -0.4 is 5.32 Å². The highest BCUT2D eigenvalue weighted by Gasteiger charge is 2.37. The number of carbonyl (C=O) groups excluding carboxylic acids is 1. The summed E-state index contributed by atoms with van der Waals surface area (Å²) in [6.07, 6.45) is 2.97. The normalized spacial score (nSPS) is 24.9. The van der Waals surface area contributed by atoms with E-state index in [-0.39, 0.29) is 18.0 Å². The number of likely N-dealkylation sites (tertiary alicyclic amines) is 1. The van der Waals surface area contributed by atoms with E-state index in [1.807, 2.05) is 20.1 Å². The molecule has 3 atom stereocenters. The number of thioether (sulfide) groups is 1. The van der Waals surface area contributed by atoms with E-state index in [4.69, 9.17) is 5.11 Å². The summed E-state index contributed by atoms with van der Waals surface area (Å²) < 4.78 is 0. The van der Waals surface area contributed by atoms with E-state index in [1.165, 1.54) is 0 Å². The molecule has 0 radical (unpaired) electrons. The molecule has 18 heavy (non-hydrogen) atoms. The number of carbonyl (C=O) groups is 2. The number of urea groups is 1. The second-order valence-electron chi connectivity index (χ2n) is 4.96. The van der Waals surface area contributed by atoms with Crippen LogP contribution in [0.4, 0.5) is 4.79 Å². The molecular formula is C12H22N2O3S. The van der Waals surface area contributed by atoms with Crippen molar-refractivity contribution in [2.45, 2.75) is 26.3 Å². The summed E-state index contributed by atoms with van der Waals surface area (Å²) in [5.41, 5.74) is 0. The minimum atomic E-state index is -0.812. The molecule has 0 aliphatic carbocycles. The molecule has 0 aromatic heterocycles. The molecule has 5 nitrogen and oxygen atoms in total. The van der Waals surface area contributed by atoms with Gasteiger partial charge in [-0.05, 0) is 31.3 Å². The molecule has 0 bridgehead atoms. The molecule has 2 N–H and O–H groups in total. The Morgan fingerprint density at radius 1 is 1.50 bits per heavy atom. The predicted molar refractivity (Wildman–Crippen MR) is 72.9 cm³/mol. The highest BCUT2D eigenvalue weighted by molar-refractivity contribution is 7.98. The van der Waals surface area contributed by atoms with E-state index in [0.717, 1.165) is 12.2 Å². The van der Waals surface area contributed by atoms with Crippen molar-refractivity contribution >= 4 is 23.8 Å². The van der Waals surface area contributed by atoms with Crippen molar-refractivity contribution in [1.29, 1.82) is 0 Å². The van der Waals surface area contributed by atoms with Crippen LogP contribution in [-0.2, 0) is 4.79 Å². The van der Waals surface area contributed by atoms with E-state index in [0.29, 0.717) is 13.1 Å². The van der Waals surface area contributed by atoms with Gasteiger partial charge >= 0.3 is 12.0 Å². The molecule has 1 saturated heterocycles. The minimum Gasteiger partial charge on any atom is -0.481 e. The Labute approximate surface area is 112 Å². The fourth-order valence-corrected chi connectivity index (χ4v) is 2.71. The number of nitrogens with one attached hydrogen (secondary N) is 1. The number of hydrogen-bond donors (Lipinski definition) is 2. The first-order chi connectivity index (χ1) is 8.45. The van der Waals surface area contributed by atoms with Crippen LogP contribution in [0.15, 0.2) is 0 Å². The van der Waals surface area contributed by atoms with Gasteiger partial charge in [-0.2, -0.15) is 11.8 Å². The number of aliphatic carboxylic acids is 1. The molecule has 0 saturated carbocycles. The molecule has 1 aliphatic rings. The van der Waals surface area contributed by atoms with Crippen LogP contribution in [0.3, 0.4) is 0 Å². The maximum atomic E-state index is 11.9. The Hall–Kier alpha value is -0.910. The van der Waals surface area contributed by atoms with Crippen LogP contribution >= 0.6 is 11.8 Å². The van der Waals surface area contributed by atoms with Gasteiger partial charge in [-0.1, -0.05) is 6.92 Å². The van der Waals surface area contributed by atoms with Crippen LogP contribution in [0.2, 0.25) is 0 Å². The zero-order valence-electron chi connectivity index (χ0n) is 11.2. The first-order valence-corrected chi connectivity index (χ1v) is 7.62. The van der Waals surface area contributed by atoms with Crippen LogP contribution in [0.5, 0.6) is 0 Å². The first-order valence-electron chi connectivity index (χ1n) is 6.22. The van der Waals surface area contributed by atoms with E-state index >= 15 is 0 Å². The summed E-state index contributed by atoms with van der Waals surface area (Å²) in [6.45, 7) is 4.70. The van der Waals surface area contributed by atoms with Gasteiger partial charge in [-0.15, -0.1) is 0 Å². The number of carboxylic acid groups (broad SMARTS) is 1. The van der Waals surface area contributed by atoms with Crippen LogP contribution in [0.25, 0.3) is 0 Å². The van der Waals surface area contributed by atoms with Crippen LogP contribution in [-0.4, -0.2) is 53.1 Å². The van der Waals surface area contributed by atoms with Gasteiger partial charge in [0.2, 0.25) is 0 Å². The predicted octanol–water partition coefficient (Wildman–Crippen LogP) is 1.49. The Balaban J connectivity index is 2.42. The van der Waals surface area contributed by atoms with E-state index in [1.54, 1.807) is 16.7 Å². The van der Waals surface area contributed by atoms with Gasteiger partial charge in [0.15, 0.2) is 0 Å². The van der Waals surface area contributed by atoms with Crippen molar-refractivity contribution in [1.82, 2.24) is 10.2 Å². The van der Waals surface area contributed by atoms with Gasteiger partial charge in [0, 0.05) is 19.1 Å². The van der Waals surface area contributed by atoms with Gasteiger partial charge < -0.3 is 15.3 Å². The molecule has 1 aliphatic heterocycles. The summed E-state index contributed by atoms with van der Waals surface area (Å²) in [5.74, 6) is -0.212.